The van der Waals surface area contributed by atoms with Crippen molar-refractivity contribution in [1.29, 1.82) is 0 Å². The highest BCUT2D eigenvalue weighted by Crippen LogP contribution is 2.33. The first-order valence-corrected chi connectivity index (χ1v) is 7.74. The molecule has 1 aromatic carbocycles. The molecule has 1 heterocycles. The Morgan fingerprint density at radius 1 is 1.33 bits per heavy atom. The molecule has 4 nitrogen and oxygen atoms in total. The number of anilines is 1. The van der Waals surface area contributed by atoms with E-state index in [0.717, 1.165) is 5.56 Å². The molecule has 0 spiro atoms. The van der Waals surface area contributed by atoms with Gasteiger partial charge in [-0.3, -0.25) is 0 Å². The molecule has 21 heavy (non-hydrogen) atoms. The van der Waals surface area contributed by atoms with Gasteiger partial charge in [0.05, 0.1) is 13.2 Å². The molecule has 0 saturated carbocycles. The number of carbonyl (C=O) groups is 1. The Hall–Kier alpha value is -1.30. The number of ether oxygens (including phenoxy) is 1. The third kappa shape index (κ3) is 3.48. The van der Waals surface area contributed by atoms with Crippen molar-refractivity contribution in [2.45, 2.75) is 13.0 Å². The van der Waals surface area contributed by atoms with Crippen molar-refractivity contribution in [3.63, 3.8) is 0 Å². The van der Waals surface area contributed by atoms with Crippen LogP contribution in [0.3, 0.4) is 0 Å². The molecule has 0 radical (unpaired) electrons. The largest absolute Gasteiger partial charge is 0.465 e. The lowest BCUT2D eigenvalue weighted by atomic mass is 10.1. The summed E-state index contributed by atoms with van der Waals surface area (Å²) in [7, 11) is 3.22. The topological polar surface area (TPSA) is 42.4 Å². The first kappa shape index (κ1) is 16.1. The lowest BCUT2D eigenvalue weighted by Crippen LogP contribution is -2.21. The summed E-state index contributed by atoms with van der Waals surface area (Å²) in [4.78, 5) is 18.1. The van der Waals surface area contributed by atoms with E-state index in [1.54, 1.807) is 0 Å². The normalized spacial score (nSPS) is 12.0. The predicted octanol–water partition coefficient (Wildman–Crippen LogP) is 4.43. The quantitative estimate of drug-likeness (QED) is 0.769. The molecule has 0 fully saturated rings. The summed E-state index contributed by atoms with van der Waals surface area (Å²) in [6.45, 7) is 2.04. The number of methoxy groups -OCH3 is 1. The molecule has 2 aromatic rings. The molecule has 112 valence electrons. The smallest absolute Gasteiger partial charge is 0.351 e. The third-order valence-corrected chi connectivity index (χ3v) is 4.94. The van der Waals surface area contributed by atoms with Crippen molar-refractivity contribution >= 4 is 45.6 Å². The van der Waals surface area contributed by atoms with Gasteiger partial charge in [-0.1, -0.05) is 46.7 Å². The number of esters is 1. The second kappa shape index (κ2) is 6.64. The summed E-state index contributed by atoms with van der Waals surface area (Å²) >= 11 is 13.1. The van der Waals surface area contributed by atoms with E-state index in [-0.39, 0.29) is 11.2 Å². The van der Waals surface area contributed by atoms with Crippen LogP contribution >= 0.6 is 34.5 Å². The van der Waals surface area contributed by atoms with Gasteiger partial charge in [0, 0.05) is 12.1 Å². The maximum Gasteiger partial charge on any atom is 0.351 e. The summed E-state index contributed by atoms with van der Waals surface area (Å²) in [6, 6.07) is 7.67. The van der Waals surface area contributed by atoms with Crippen molar-refractivity contribution in [1.82, 2.24) is 4.98 Å². The third-order valence-electron chi connectivity index (χ3n) is 3.18. The first-order valence-electron chi connectivity index (χ1n) is 6.17. The van der Waals surface area contributed by atoms with Gasteiger partial charge in [-0.15, -0.1) is 0 Å². The van der Waals surface area contributed by atoms with E-state index in [4.69, 9.17) is 23.2 Å². The Bertz CT molecular complexity index is 643. The predicted molar refractivity (Wildman–Crippen MR) is 86.7 cm³/mol. The number of carbonyl (C=O) groups excluding carboxylic acids is 1. The summed E-state index contributed by atoms with van der Waals surface area (Å²) in [5.41, 5.74) is 1.09. The molecule has 0 saturated heterocycles. The van der Waals surface area contributed by atoms with Gasteiger partial charge in [0.15, 0.2) is 15.2 Å². The molecule has 1 unspecified atom stereocenters. The van der Waals surface area contributed by atoms with Crippen LogP contribution in [0.2, 0.25) is 10.2 Å². The average molecular weight is 345 g/mol. The van der Waals surface area contributed by atoms with E-state index >= 15 is 0 Å². The first-order chi connectivity index (χ1) is 9.93. The number of hydrogen-bond donors (Lipinski definition) is 0. The van der Waals surface area contributed by atoms with Crippen LogP contribution in [0.4, 0.5) is 5.13 Å². The van der Waals surface area contributed by atoms with Crippen molar-refractivity contribution in [3.05, 3.63) is 44.9 Å². The minimum Gasteiger partial charge on any atom is -0.465 e. The van der Waals surface area contributed by atoms with Gasteiger partial charge < -0.3 is 9.64 Å². The van der Waals surface area contributed by atoms with E-state index in [1.807, 2.05) is 43.1 Å². The lowest BCUT2D eigenvalue weighted by Gasteiger charge is -2.24. The van der Waals surface area contributed by atoms with Crippen LogP contribution < -0.4 is 4.90 Å². The summed E-state index contributed by atoms with van der Waals surface area (Å²) in [5, 5.41) is 1.51. The highest BCUT2D eigenvalue weighted by Gasteiger charge is 2.22. The van der Waals surface area contributed by atoms with Gasteiger partial charge in [-0.05, 0) is 24.6 Å². The standard InChI is InChI=1S/C14H14Cl2N2O2S/c1-8(9-4-6-10(15)7-5-9)18(2)14-17-12(16)11(21-14)13(19)20-3/h4-8H,1-3H3. The van der Waals surface area contributed by atoms with E-state index < -0.39 is 5.97 Å². The second-order valence-corrected chi connectivity index (χ2v) is 6.22. The molecule has 1 atom stereocenters. The van der Waals surface area contributed by atoms with Gasteiger partial charge in [-0.25, -0.2) is 9.78 Å². The van der Waals surface area contributed by atoms with Crippen molar-refractivity contribution < 1.29 is 9.53 Å². The van der Waals surface area contributed by atoms with Gasteiger partial charge in [0.25, 0.3) is 0 Å². The van der Waals surface area contributed by atoms with Gasteiger partial charge in [0.1, 0.15) is 0 Å². The number of thiazole rings is 1. The zero-order valence-corrected chi connectivity index (χ0v) is 14.1. The molecular weight excluding hydrogens is 331 g/mol. The molecule has 0 N–H and O–H groups in total. The van der Waals surface area contributed by atoms with Crippen LogP contribution in [-0.4, -0.2) is 25.1 Å². The Labute approximate surface area is 137 Å². The number of rotatable bonds is 4. The second-order valence-electron chi connectivity index (χ2n) is 4.45. The van der Waals surface area contributed by atoms with Crippen LogP contribution in [0.1, 0.15) is 28.2 Å². The van der Waals surface area contributed by atoms with Crippen molar-refractivity contribution in [2.75, 3.05) is 19.1 Å². The van der Waals surface area contributed by atoms with E-state index in [0.29, 0.717) is 15.0 Å². The lowest BCUT2D eigenvalue weighted by molar-refractivity contribution is 0.0606. The maximum absolute atomic E-state index is 11.6. The van der Waals surface area contributed by atoms with Crippen LogP contribution in [0.25, 0.3) is 0 Å². The molecule has 0 amide bonds. The fraction of sp³-hybridized carbons (Fsp3) is 0.286. The van der Waals surface area contributed by atoms with E-state index in [2.05, 4.69) is 9.72 Å². The molecule has 0 bridgehead atoms. The summed E-state index contributed by atoms with van der Waals surface area (Å²) in [6.07, 6.45) is 0. The molecular formula is C14H14Cl2N2O2S. The van der Waals surface area contributed by atoms with Crippen LogP contribution in [0.5, 0.6) is 0 Å². The highest BCUT2D eigenvalue weighted by molar-refractivity contribution is 7.18. The summed E-state index contributed by atoms with van der Waals surface area (Å²) < 4.78 is 4.68. The van der Waals surface area contributed by atoms with Gasteiger partial charge in [-0.2, -0.15) is 0 Å². The molecule has 1 aromatic heterocycles. The minimum absolute atomic E-state index is 0.0648. The van der Waals surface area contributed by atoms with Crippen LogP contribution in [-0.2, 0) is 4.74 Å². The van der Waals surface area contributed by atoms with Crippen molar-refractivity contribution in [2.24, 2.45) is 0 Å². The van der Waals surface area contributed by atoms with Crippen LogP contribution in [0, 0.1) is 0 Å². The number of aromatic nitrogens is 1. The Kier molecular flexibility index (Phi) is 5.08. The Balaban J connectivity index is 2.25. The summed E-state index contributed by atoms with van der Waals surface area (Å²) in [5.74, 6) is -0.476. The molecule has 2 rings (SSSR count). The average Bonchev–Trinajstić information content (AvgIpc) is 2.87. The highest BCUT2D eigenvalue weighted by atomic mass is 35.5. The van der Waals surface area contributed by atoms with Crippen molar-refractivity contribution in [3.8, 4) is 0 Å². The minimum atomic E-state index is -0.476. The molecule has 7 heteroatoms. The molecule has 0 aliphatic carbocycles. The van der Waals surface area contributed by atoms with Gasteiger partial charge >= 0.3 is 5.97 Å². The fourth-order valence-corrected chi connectivity index (χ4v) is 3.16. The number of hydrogen-bond acceptors (Lipinski definition) is 5. The van der Waals surface area contributed by atoms with E-state index in [9.17, 15) is 4.79 Å². The van der Waals surface area contributed by atoms with E-state index in [1.165, 1.54) is 18.4 Å². The fourth-order valence-electron chi connectivity index (χ4n) is 1.79. The van der Waals surface area contributed by atoms with Gasteiger partial charge in [0.2, 0.25) is 0 Å². The van der Waals surface area contributed by atoms with Crippen LogP contribution in [0.15, 0.2) is 24.3 Å². The number of nitrogens with zero attached hydrogens (tertiary/aromatic N) is 2. The molecule has 0 aliphatic heterocycles. The number of benzene rings is 1. The Morgan fingerprint density at radius 2 is 1.95 bits per heavy atom. The maximum atomic E-state index is 11.6. The Morgan fingerprint density at radius 3 is 2.52 bits per heavy atom. The zero-order chi connectivity index (χ0) is 15.6. The SMILES string of the molecule is COC(=O)c1sc(N(C)C(C)c2ccc(Cl)cc2)nc1Cl. The monoisotopic (exact) mass is 344 g/mol. The number of halogens is 2. The zero-order valence-electron chi connectivity index (χ0n) is 11.8. The molecule has 0 aliphatic rings.